The number of esters is 2. The van der Waals surface area contributed by atoms with Crippen molar-refractivity contribution in [1.29, 1.82) is 0 Å². The maximum Gasteiger partial charge on any atom is 0.348 e. The Kier molecular flexibility index (Phi) is 9.70. The molecule has 0 atom stereocenters. The highest BCUT2D eigenvalue weighted by atomic mass is 32.1. The molecule has 1 fully saturated rings. The van der Waals surface area contributed by atoms with Crippen LogP contribution in [-0.4, -0.2) is 93.8 Å². The molecule has 1 aliphatic rings. The standard InChI is InChI=1S/C20H31N3O6S/c1-5-28-19(25)16-14(3)17(20(26)29-6-2)30-18(16)21-15(24)13-23-9-7-22(8-10-23)11-12-27-4/h5-13H2,1-4H3,(H,21,24). The second kappa shape index (κ2) is 12.0. The minimum atomic E-state index is -0.566. The summed E-state index contributed by atoms with van der Waals surface area (Å²) in [5.41, 5.74) is 0.668. The summed E-state index contributed by atoms with van der Waals surface area (Å²) in [6, 6.07) is 0. The summed E-state index contributed by atoms with van der Waals surface area (Å²) in [4.78, 5) is 41.9. The molecule has 0 aliphatic carbocycles. The summed E-state index contributed by atoms with van der Waals surface area (Å²) in [6.45, 7) is 10.6. The van der Waals surface area contributed by atoms with E-state index in [1.807, 2.05) is 0 Å². The molecule has 1 amide bonds. The predicted octanol–water partition coefficient (Wildman–Crippen LogP) is 1.61. The summed E-state index contributed by atoms with van der Waals surface area (Å²) in [5, 5.41) is 3.11. The van der Waals surface area contributed by atoms with Crippen molar-refractivity contribution in [3.05, 3.63) is 16.0 Å². The average molecular weight is 442 g/mol. The molecule has 1 saturated heterocycles. The van der Waals surface area contributed by atoms with E-state index in [9.17, 15) is 14.4 Å². The maximum absolute atomic E-state index is 12.6. The summed E-state index contributed by atoms with van der Waals surface area (Å²) < 4.78 is 15.3. The number of amides is 1. The number of anilines is 1. The molecule has 1 aromatic heterocycles. The third-order valence-corrected chi connectivity index (χ3v) is 5.97. The average Bonchev–Trinajstić information content (AvgIpc) is 3.03. The lowest BCUT2D eigenvalue weighted by atomic mass is 10.1. The van der Waals surface area contributed by atoms with Crippen LogP contribution in [0.3, 0.4) is 0 Å². The lowest BCUT2D eigenvalue weighted by Crippen LogP contribution is -2.49. The van der Waals surface area contributed by atoms with Crippen molar-refractivity contribution in [2.45, 2.75) is 20.8 Å². The van der Waals surface area contributed by atoms with Crippen molar-refractivity contribution in [2.75, 3.05) is 71.5 Å². The topological polar surface area (TPSA) is 97.4 Å². The Labute approximate surface area is 181 Å². The Hall–Kier alpha value is -2.01. The Morgan fingerprint density at radius 2 is 1.60 bits per heavy atom. The van der Waals surface area contributed by atoms with Crippen LogP contribution in [0.5, 0.6) is 0 Å². The third-order valence-electron chi connectivity index (χ3n) is 4.78. The number of hydrogen-bond acceptors (Lipinski definition) is 9. The van der Waals surface area contributed by atoms with Crippen LogP contribution in [0.25, 0.3) is 0 Å². The van der Waals surface area contributed by atoms with Crippen molar-refractivity contribution < 1.29 is 28.6 Å². The highest BCUT2D eigenvalue weighted by molar-refractivity contribution is 7.18. The van der Waals surface area contributed by atoms with Gasteiger partial charge in [0, 0.05) is 39.8 Å². The fraction of sp³-hybridized carbons (Fsp3) is 0.650. The minimum absolute atomic E-state index is 0.198. The van der Waals surface area contributed by atoms with Crippen molar-refractivity contribution in [2.24, 2.45) is 0 Å². The quantitative estimate of drug-likeness (QED) is 0.547. The monoisotopic (exact) mass is 441 g/mol. The van der Waals surface area contributed by atoms with Gasteiger partial charge in [-0.05, 0) is 26.3 Å². The van der Waals surface area contributed by atoms with Crippen LogP contribution in [-0.2, 0) is 19.0 Å². The number of methoxy groups -OCH3 is 1. The van der Waals surface area contributed by atoms with Gasteiger partial charge in [-0.2, -0.15) is 0 Å². The normalized spacial score (nSPS) is 15.1. The number of nitrogens with one attached hydrogen (secondary N) is 1. The Bertz CT molecular complexity index is 743. The molecular formula is C20H31N3O6S. The van der Waals surface area contributed by atoms with Gasteiger partial charge in [0.05, 0.1) is 31.9 Å². The predicted molar refractivity (Wildman–Crippen MR) is 114 cm³/mol. The zero-order valence-corrected chi connectivity index (χ0v) is 18.9. The van der Waals surface area contributed by atoms with Gasteiger partial charge in [0.25, 0.3) is 0 Å². The number of carbonyl (C=O) groups excluding carboxylic acids is 3. The maximum atomic E-state index is 12.6. The third kappa shape index (κ3) is 6.49. The van der Waals surface area contributed by atoms with E-state index in [4.69, 9.17) is 14.2 Å². The molecule has 1 aliphatic heterocycles. The van der Waals surface area contributed by atoms with Gasteiger partial charge in [-0.25, -0.2) is 9.59 Å². The van der Waals surface area contributed by atoms with Crippen molar-refractivity contribution in [3.8, 4) is 0 Å². The molecule has 0 unspecified atom stereocenters. The number of carbonyl (C=O) groups is 3. The van der Waals surface area contributed by atoms with E-state index < -0.39 is 11.9 Å². The summed E-state index contributed by atoms with van der Waals surface area (Å²) in [6.07, 6.45) is 0. The molecule has 0 radical (unpaired) electrons. The molecule has 0 aromatic carbocycles. The molecule has 30 heavy (non-hydrogen) atoms. The first-order valence-electron chi connectivity index (χ1n) is 10.1. The van der Waals surface area contributed by atoms with Crippen LogP contribution in [0.4, 0.5) is 5.00 Å². The fourth-order valence-electron chi connectivity index (χ4n) is 3.20. The van der Waals surface area contributed by atoms with Gasteiger partial charge in [0.15, 0.2) is 0 Å². The van der Waals surface area contributed by atoms with Gasteiger partial charge < -0.3 is 19.5 Å². The van der Waals surface area contributed by atoms with E-state index in [-0.39, 0.29) is 31.2 Å². The second-order valence-electron chi connectivity index (χ2n) is 6.86. The molecule has 1 aromatic rings. The number of hydrogen-bond donors (Lipinski definition) is 1. The molecule has 168 valence electrons. The van der Waals surface area contributed by atoms with Crippen molar-refractivity contribution >= 4 is 34.2 Å². The largest absolute Gasteiger partial charge is 0.462 e. The lowest BCUT2D eigenvalue weighted by molar-refractivity contribution is -0.117. The van der Waals surface area contributed by atoms with Crippen LogP contribution in [0, 0.1) is 6.92 Å². The van der Waals surface area contributed by atoms with Gasteiger partial charge in [-0.1, -0.05) is 0 Å². The minimum Gasteiger partial charge on any atom is -0.462 e. The highest BCUT2D eigenvalue weighted by Gasteiger charge is 2.28. The molecule has 10 heteroatoms. The number of ether oxygens (including phenoxy) is 3. The number of thiophene rings is 1. The second-order valence-corrected chi connectivity index (χ2v) is 7.88. The van der Waals surface area contributed by atoms with Crippen molar-refractivity contribution in [1.82, 2.24) is 9.80 Å². The van der Waals surface area contributed by atoms with Gasteiger partial charge in [0.2, 0.25) is 5.91 Å². The van der Waals surface area contributed by atoms with Gasteiger partial charge >= 0.3 is 11.9 Å². The lowest BCUT2D eigenvalue weighted by Gasteiger charge is -2.34. The first-order chi connectivity index (χ1) is 14.4. The number of piperazine rings is 1. The fourth-order valence-corrected chi connectivity index (χ4v) is 4.31. The zero-order chi connectivity index (χ0) is 22.1. The smallest absolute Gasteiger partial charge is 0.348 e. The Morgan fingerprint density at radius 3 is 2.20 bits per heavy atom. The van der Waals surface area contributed by atoms with E-state index in [0.29, 0.717) is 22.0 Å². The summed E-state index contributed by atoms with van der Waals surface area (Å²) in [5.74, 6) is -1.32. The summed E-state index contributed by atoms with van der Waals surface area (Å²) in [7, 11) is 1.69. The molecule has 9 nitrogen and oxygen atoms in total. The Balaban J connectivity index is 2.05. The molecule has 2 rings (SSSR count). The number of rotatable bonds is 10. The summed E-state index contributed by atoms with van der Waals surface area (Å²) >= 11 is 1.04. The van der Waals surface area contributed by atoms with E-state index in [0.717, 1.165) is 44.1 Å². The van der Waals surface area contributed by atoms with Crippen LogP contribution >= 0.6 is 11.3 Å². The zero-order valence-electron chi connectivity index (χ0n) is 18.1. The van der Waals surface area contributed by atoms with Gasteiger partial charge in [-0.15, -0.1) is 11.3 Å². The van der Waals surface area contributed by atoms with E-state index in [1.54, 1.807) is 27.9 Å². The van der Waals surface area contributed by atoms with Crippen molar-refractivity contribution in [3.63, 3.8) is 0 Å². The molecular weight excluding hydrogens is 410 g/mol. The van der Waals surface area contributed by atoms with E-state index in [1.165, 1.54) is 0 Å². The molecule has 0 spiro atoms. The number of nitrogens with zero attached hydrogens (tertiary/aromatic N) is 2. The molecule has 2 heterocycles. The van der Waals surface area contributed by atoms with Crippen LogP contribution < -0.4 is 5.32 Å². The van der Waals surface area contributed by atoms with Crippen LogP contribution in [0.2, 0.25) is 0 Å². The molecule has 1 N–H and O–H groups in total. The highest BCUT2D eigenvalue weighted by Crippen LogP contribution is 2.34. The van der Waals surface area contributed by atoms with E-state index in [2.05, 4.69) is 15.1 Å². The first kappa shape index (κ1) is 24.3. The van der Waals surface area contributed by atoms with Crippen LogP contribution in [0.1, 0.15) is 39.4 Å². The van der Waals surface area contributed by atoms with E-state index >= 15 is 0 Å². The van der Waals surface area contributed by atoms with Crippen LogP contribution in [0.15, 0.2) is 0 Å². The Morgan fingerprint density at radius 1 is 1.00 bits per heavy atom. The molecule has 0 bridgehead atoms. The molecule has 0 saturated carbocycles. The SMILES string of the molecule is CCOC(=O)c1sc(NC(=O)CN2CCN(CCOC)CC2)c(C(=O)OCC)c1C. The van der Waals surface area contributed by atoms with Gasteiger partial charge in [0.1, 0.15) is 9.88 Å². The first-order valence-corrected chi connectivity index (χ1v) is 10.9. The van der Waals surface area contributed by atoms with Gasteiger partial charge in [-0.3, -0.25) is 14.6 Å².